The molecule has 1 aromatic carbocycles. The van der Waals surface area contributed by atoms with Gasteiger partial charge in [0.1, 0.15) is 35.6 Å². The van der Waals surface area contributed by atoms with Crippen molar-refractivity contribution in [3.05, 3.63) is 41.3 Å². The van der Waals surface area contributed by atoms with Crippen LogP contribution in [0.2, 0.25) is 25.7 Å². The fourth-order valence-corrected chi connectivity index (χ4v) is 6.51. The average Bonchev–Trinajstić information content (AvgIpc) is 3.79. The predicted octanol–water partition coefficient (Wildman–Crippen LogP) is 7.66. The Kier molecular flexibility index (Phi) is 10.7. The first kappa shape index (κ1) is 36.6. The van der Waals surface area contributed by atoms with Crippen molar-refractivity contribution >= 4 is 31.1 Å². The monoisotopic (exact) mass is 703 g/mol. The third-order valence-corrected chi connectivity index (χ3v) is 10.5. The summed E-state index contributed by atoms with van der Waals surface area (Å²) in [5.41, 5.74) is 0.526. The van der Waals surface area contributed by atoms with Crippen molar-refractivity contribution in [2.45, 2.75) is 104 Å². The molecule has 2 aromatic heterocycles. The lowest BCUT2D eigenvalue weighted by atomic mass is 10.0. The molecular weight excluding hydrogens is 655 g/mol. The molecule has 1 aliphatic carbocycles. The lowest BCUT2D eigenvalue weighted by Gasteiger charge is -2.33. The molecule has 5 rings (SSSR count). The van der Waals surface area contributed by atoms with Gasteiger partial charge in [-0.15, -0.1) is 0 Å². The molecule has 49 heavy (non-hydrogen) atoms. The van der Waals surface area contributed by atoms with Gasteiger partial charge in [0.15, 0.2) is 0 Å². The first-order valence-electron chi connectivity index (χ1n) is 17.0. The maximum absolute atomic E-state index is 14.0. The molecular formula is C35H48F3N5O5Si. The number of hydrogen-bond donors (Lipinski definition) is 1. The highest BCUT2D eigenvalue weighted by Crippen LogP contribution is 2.41. The predicted molar refractivity (Wildman–Crippen MR) is 183 cm³/mol. The smallest absolute Gasteiger partial charge is 0.416 e. The Morgan fingerprint density at radius 3 is 2.35 bits per heavy atom. The summed E-state index contributed by atoms with van der Waals surface area (Å²) >= 11 is 0. The van der Waals surface area contributed by atoms with E-state index in [2.05, 4.69) is 34.9 Å². The Labute approximate surface area is 286 Å². The Bertz CT molecular complexity index is 1670. The Balaban J connectivity index is 1.50. The number of rotatable bonds is 11. The molecule has 0 atom stereocenters. The fraction of sp³-hybridized carbons (Fsp3) is 0.600. The molecule has 1 N–H and O–H groups in total. The Morgan fingerprint density at radius 1 is 1.04 bits per heavy atom. The van der Waals surface area contributed by atoms with Gasteiger partial charge >= 0.3 is 12.3 Å². The van der Waals surface area contributed by atoms with Crippen LogP contribution in [0.25, 0.3) is 22.3 Å². The Morgan fingerprint density at radius 2 is 1.73 bits per heavy atom. The summed E-state index contributed by atoms with van der Waals surface area (Å²) in [4.78, 5) is 37.2. The van der Waals surface area contributed by atoms with E-state index in [0.717, 1.165) is 31.0 Å². The van der Waals surface area contributed by atoms with E-state index in [1.807, 2.05) is 20.8 Å². The zero-order valence-corrected chi connectivity index (χ0v) is 30.5. The van der Waals surface area contributed by atoms with Crippen molar-refractivity contribution in [3.8, 4) is 17.0 Å². The minimum absolute atomic E-state index is 0.0615. The summed E-state index contributed by atoms with van der Waals surface area (Å²) in [5, 5.41) is 3.12. The van der Waals surface area contributed by atoms with Gasteiger partial charge in [0, 0.05) is 45.1 Å². The standard InChI is InChI=1S/C35H48F3N5O5Si/c1-22-28(32(44)41-25-12-14-42(15-13-25)33(45)48-34(2,3)4)30-31(43(22)21-46-16-17-49(5,6)7)29(39-20-40-30)26-18-24(35(36,37)38)10-11-27(26)47-19-23-8-9-23/h10-11,18,20,23,25H,8-9,12-17,19,21H2,1-7H3,(H,41,44). The first-order valence-corrected chi connectivity index (χ1v) is 20.7. The first-order chi connectivity index (χ1) is 22.9. The highest BCUT2D eigenvalue weighted by molar-refractivity contribution is 6.76. The van der Waals surface area contributed by atoms with E-state index in [4.69, 9.17) is 14.2 Å². The van der Waals surface area contributed by atoms with Crippen LogP contribution in [0.15, 0.2) is 24.5 Å². The summed E-state index contributed by atoms with van der Waals surface area (Å²) in [6.45, 7) is 15.8. The second-order valence-electron chi connectivity index (χ2n) is 15.3. The van der Waals surface area contributed by atoms with Crippen LogP contribution in [-0.2, 0) is 22.4 Å². The van der Waals surface area contributed by atoms with Crippen LogP contribution in [0, 0.1) is 12.8 Å². The second-order valence-corrected chi connectivity index (χ2v) is 21.0. The minimum atomic E-state index is -4.59. The second kappa shape index (κ2) is 14.3. The number of benzene rings is 1. The van der Waals surface area contributed by atoms with Gasteiger partial charge in [-0.25, -0.2) is 14.8 Å². The number of carbonyl (C=O) groups excluding carboxylic acids is 2. The number of piperidine rings is 1. The van der Waals surface area contributed by atoms with Gasteiger partial charge in [0.25, 0.3) is 5.91 Å². The topological polar surface area (TPSA) is 108 Å². The summed E-state index contributed by atoms with van der Waals surface area (Å²) < 4.78 is 61.5. The molecule has 0 spiro atoms. The molecule has 10 nitrogen and oxygen atoms in total. The van der Waals surface area contributed by atoms with Crippen LogP contribution in [0.1, 0.15) is 68.1 Å². The molecule has 1 aliphatic heterocycles. The number of alkyl halides is 3. The molecule has 0 bridgehead atoms. The molecule has 0 unspecified atom stereocenters. The maximum atomic E-state index is 14.0. The van der Waals surface area contributed by atoms with E-state index in [1.165, 1.54) is 12.4 Å². The molecule has 1 saturated heterocycles. The van der Waals surface area contributed by atoms with E-state index in [9.17, 15) is 22.8 Å². The number of hydrogen-bond acceptors (Lipinski definition) is 7. The molecule has 3 heterocycles. The number of fused-ring (bicyclic) bond motifs is 1. The number of amides is 2. The third kappa shape index (κ3) is 9.33. The van der Waals surface area contributed by atoms with E-state index in [0.29, 0.717) is 67.4 Å². The summed E-state index contributed by atoms with van der Waals surface area (Å²) in [6.07, 6.45) is -0.591. The van der Waals surface area contributed by atoms with Gasteiger partial charge in [-0.2, -0.15) is 13.2 Å². The molecule has 3 aromatic rings. The normalized spacial score (nSPS) is 16.2. The van der Waals surface area contributed by atoms with Crippen LogP contribution in [0.5, 0.6) is 5.75 Å². The van der Waals surface area contributed by atoms with Crippen molar-refractivity contribution in [2.75, 3.05) is 26.3 Å². The molecule has 2 fully saturated rings. The van der Waals surface area contributed by atoms with Crippen LogP contribution in [-0.4, -0.2) is 77.5 Å². The lowest BCUT2D eigenvalue weighted by molar-refractivity contribution is -0.137. The van der Waals surface area contributed by atoms with Gasteiger partial charge in [0.2, 0.25) is 0 Å². The van der Waals surface area contributed by atoms with Crippen molar-refractivity contribution in [1.29, 1.82) is 0 Å². The third-order valence-electron chi connectivity index (χ3n) is 8.75. The highest BCUT2D eigenvalue weighted by Gasteiger charge is 2.34. The quantitative estimate of drug-likeness (QED) is 0.161. The van der Waals surface area contributed by atoms with Crippen molar-refractivity contribution in [2.24, 2.45) is 5.92 Å². The molecule has 2 amide bonds. The van der Waals surface area contributed by atoms with Crippen LogP contribution >= 0.6 is 0 Å². The molecule has 2 aliphatic rings. The average molecular weight is 704 g/mol. The van der Waals surface area contributed by atoms with Gasteiger partial charge in [-0.3, -0.25) is 4.79 Å². The number of carbonyl (C=O) groups is 2. The van der Waals surface area contributed by atoms with Crippen LogP contribution in [0.3, 0.4) is 0 Å². The zero-order valence-electron chi connectivity index (χ0n) is 29.5. The summed E-state index contributed by atoms with van der Waals surface area (Å²) in [6, 6.07) is 4.12. The number of likely N-dealkylation sites (tertiary alicyclic amines) is 1. The minimum Gasteiger partial charge on any atom is -0.493 e. The number of nitrogens with zero attached hydrogens (tertiary/aromatic N) is 4. The lowest BCUT2D eigenvalue weighted by Crippen LogP contribution is -2.47. The van der Waals surface area contributed by atoms with E-state index < -0.39 is 25.4 Å². The van der Waals surface area contributed by atoms with Gasteiger partial charge in [-0.05, 0) is 83.5 Å². The summed E-state index contributed by atoms with van der Waals surface area (Å²) in [7, 11) is -1.41. The summed E-state index contributed by atoms with van der Waals surface area (Å²) in [5.74, 6) is 0.295. The van der Waals surface area contributed by atoms with Crippen LogP contribution in [0.4, 0.5) is 18.0 Å². The van der Waals surface area contributed by atoms with E-state index >= 15 is 0 Å². The van der Waals surface area contributed by atoms with Crippen LogP contribution < -0.4 is 10.1 Å². The van der Waals surface area contributed by atoms with Crippen molar-refractivity contribution in [3.63, 3.8) is 0 Å². The fourth-order valence-electron chi connectivity index (χ4n) is 5.76. The van der Waals surface area contributed by atoms with Gasteiger partial charge in [-0.1, -0.05) is 19.6 Å². The zero-order chi connectivity index (χ0) is 35.7. The molecule has 14 heteroatoms. The number of aromatic nitrogens is 3. The van der Waals surface area contributed by atoms with E-state index in [1.54, 1.807) is 16.4 Å². The molecule has 268 valence electrons. The Hall–Kier alpha value is -3.65. The van der Waals surface area contributed by atoms with E-state index in [-0.39, 0.29) is 41.8 Å². The number of halogens is 3. The van der Waals surface area contributed by atoms with Crippen molar-refractivity contribution < 1.29 is 37.0 Å². The molecule has 1 saturated carbocycles. The highest BCUT2D eigenvalue weighted by atomic mass is 28.3. The largest absolute Gasteiger partial charge is 0.493 e. The van der Waals surface area contributed by atoms with Gasteiger partial charge < -0.3 is 29.0 Å². The van der Waals surface area contributed by atoms with Crippen molar-refractivity contribution in [1.82, 2.24) is 24.8 Å². The molecule has 0 radical (unpaired) electrons. The van der Waals surface area contributed by atoms with Gasteiger partial charge in [0.05, 0.1) is 23.3 Å². The number of nitrogens with one attached hydrogen (secondary N) is 1. The SMILES string of the molecule is Cc1c(C(=O)NC2CCN(C(=O)OC(C)(C)C)CC2)c2ncnc(-c3cc(C(F)(F)F)ccc3OCC3CC3)c2n1COCC[Si](C)(C)C. The maximum Gasteiger partial charge on any atom is 0.416 e. The number of ether oxygens (including phenoxy) is 3.